The molecule has 0 spiro atoms. The van der Waals surface area contributed by atoms with Crippen molar-refractivity contribution < 1.29 is 18.0 Å². The maximum Gasteiger partial charge on any atom is 0.471 e. The van der Waals surface area contributed by atoms with Gasteiger partial charge in [0.05, 0.1) is 23.6 Å². The van der Waals surface area contributed by atoms with Gasteiger partial charge in [-0.1, -0.05) is 29.3 Å². The second-order valence-electron chi connectivity index (χ2n) is 4.86. The number of aromatic nitrogens is 2. The summed E-state index contributed by atoms with van der Waals surface area (Å²) >= 11 is 12.2. The van der Waals surface area contributed by atoms with Crippen LogP contribution in [0.3, 0.4) is 0 Å². The third kappa shape index (κ3) is 3.79. The molecule has 0 fully saturated rings. The lowest BCUT2D eigenvalue weighted by Gasteiger charge is -2.10. The second kappa shape index (κ2) is 6.41. The third-order valence-electron chi connectivity index (χ3n) is 3.25. The maximum absolute atomic E-state index is 12.4. The van der Waals surface area contributed by atoms with Gasteiger partial charge < -0.3 is 5.32 Å². The fraction of sp³-hybridized carbons (Fsp3) is 0.286. The van der Waals surface area contributed by atoms with E-state index in [0.717, 1.165) is 0 Å². The highest BCUT2D eigenvalue weighted by molar-refractivity contribution is 6.35. The molecule has 1 N–H and O–H groups in total. The third-order valence-corrected chi connectivity index (χ3v) is 3.96. The summed E-state index contributed by atoms with van der Waals surface area (Å²) in [5.41, 5.74) is 1.25. The standard InChI is InChI=1S/C14H12Cl2F3N3O/c1-7-12(20-13(23)14(17,18)19)8(2)22(21-7)6-9-10(15)4-3-5-11(9)16/h3-5H,6H2,1-2H3,(H,20,23). The number of carbonyl (C=O) groups excluding carboxylic acids is 1. The van der Waals surface area contributed by atoms with Crippen molar-refractivity contribution in [2.45, 2.75) is 26.6 Å². The summed E-state index contributed by atoms with van der Waals surface area (Å²) in [5.74, 6) is -2.04. The van der Waals surface area contributed by atoms with Crippen LogP contribution in [0.5, 0.6) is 0 Å². The van der Waals surface area contributed by atoms with Gasteiger partial charge in [0.1, 0.15) is 0 Å². The SMILES string of the molecule is Cc1nn(Cc2c(Cl)cccc2Cl)c(C)c1NC(=O)C(F)(F)F. The van der Waals surface area contributed by atoms with Gasteiger partial charge in [0, 0.05) is 15.6 Å². The Hall–Kier alpha value is -1.73. The molecule has 2 rings (SSSR count). The van der Waals surface area contributed by atoms with Crippen LogP contribution < -0.4 is 5.32 Å². The molecule has 0 bridgehead atoms. The van der Waals surface area contributed by atoms with Crippen molar-refractivity contribution in [1.82, 2.24) is 9.78 Å². The number of alkyl halides is 3. The van der Waals surface area contributed by atoms with Crippen molar-refractivity contribution in [2.75, 3.05) is 5.32 Å². The van der Waals surface area contributed by atoms with Gasteiger partial charge in [-0.25, -0.2) is 0 Å². The Bertz CT molecular complexity index is 736. The van der Waals surface area contributed by atoms with E-state index in [9.17, 15) is 18.0 Å². The molecule has 1 amide bonds. The quantitative estimate of drug-likeness (QED) is 0.878. The number of aryl methyl sites for hydroxylation is 1. The monoisotopic (exact) mass is 365 g/mol. The molecule has 2 aromatic rings. The summed E-state index contributed by atoms with van der Waals surface area (Å²) in [7, 11) is 0. The molecule has 0 aliphatic heterocycles. The van der Waals surface area contributed by atoms with E-state index >= 15 is 0 Å². The zero-order chi connectivity index (χ0) is 17.4. The first-order chi connectivity index (χ1) is 10.6. The smallest absolute Gasteiger partial charge is 0.315 e. The molecular weight excluding hydrogens is 354 g/mol. The van der Waals surface area contributed by atoms with Gasteiger partial charge in [0.25, 0.3) is 0 Å². The Labute approximate surface area is 140 Å². The average Bonchev–Trinajstić information content (AvgIpc) is 2.69. The number of halogens is 5. The molecule has 0 aliphatic carbocycles. The van der Waals surface area contributed by atoms with Crippen molar-refractivity contribution >= 4 is 34.8 Å². The Morgan fingerprint density at radius 2 is 1.83 bits per heavy atom. The van der Waals surface area contributed by atoms with Crippen LogP contribution in [-0.4, -0.2) is 21.9 Å². The molecule has 9 heteroatoms. The molecule has 0 unspecified atom stereocenters. The van der Waals surface area contributed by atoms with Crippen molar-refractivity contribution in [3.8, 4) is 0 Å². The number of nitrogens with zero attached hydrogens (tertiary/aromatic N) is 2. The predicted octanol–water partition coefficient (Wildman–Crippen LogP) is 4.36. The Balaban J connectivity index is 2.33. The van der Waals surface area contributed by atoms with Crippen LogP contribution in [0.4, 0.5) is 18.9 Å². The normalized spacial score (nSPS) is 11.6. The lowest BCUT2D eigenvalue weighted by atomic mass is 10.2. The van der Waals surface area contributed by atoms with E-state index in [1.165, 1.54) is 11.6 Å². The largest absolute Gasteiger partial charge is 0.471 e. The van der Waals surface area contributed by atoms with E-state index in [1.54, 1.807) is 25.1 Å². The number of hydrogen-bond donors (Lipinski definition) is 1. The van der Waals surface area contributed by atoms with Gasteiger partial charge in [0.2, 0.25) is 0 Å². The number of amides is 1. The first-order valence-corrected chi connectivity index (χ1v) is 7.22. The molecule has 0 saturated carbocycles. The van der Waals surface area contributed by atoms with E-state index < -0.39 is 12.1 Å². The minimum Gasteiger partial charge on any atom is -0.315 e. The summed E-state index contributed by atoms with van der Waals surface area (Å²) in [6.07, 6.45) is -4.97. The van der Waals surface area contributed by atoms with Gasteiger partial charge in [-0.2, -0.15) is 18.3 Å². The van der Waals surface area contributed by atoms with Gasteiger partial charge in [-0.15, -0.1) is 0 Å². The summed E-state index contributed by atoms with van der Waals surface area (Å²) in [6.45, 7) is 3.23. The second-order valence-corrected chi connectivity index (χ2v) is 5.67. The fourth-order valence-electron chi connectivity index (χ4n) is 2.05. The van der Waals surface area contributed by atoms with Gasteiger partial charge in [-0.3, -0.25) is 9.48 Å². The van der Waals surface area contributed by atoms with Crippen LogP contribution in [0, 0.1) is 13.8 Å². The van der Waals surface area contributed by atoms with Crippen LogP contribution in [0.15, 0.2) is 18.2 Å². The lowest BCUT2D eigenvalue weighted by Crippen LogP contribution is -2.30. The van der Waals surface area contributed by atoms with E-state index in [2.05, 4.69) is 5.10 Å². The fourth-order valence-corrected chi connectivity index (χ4v) is 2.57. The first kappa shape index (κ1) is 17.6. The van der Waals surface area contributed by atoms with Crippen LogP contribution >= 0.6 is 23.2 Å². The van der Waals surface area contributed by atoms with Crippen LogP contribution in [0.25, 0.3) is 0 Å². The lowest BCUT2D eigenvalue weighted by molar-refractivity contribution is -0.167. The Kier molecular flexibility index (Phi) is 4.91. The van der Waals surface area contributed by atoms with Crippen LogP contribution in [-0.2, 0) is 11.3 Å². The van der Waals surface area contributed by atoms with E-state index in [0.29, 0.717) is 21.3 Å². The summed E-state index contributed by atoms with van der Waals surface area (Å²) in [4.78, 5) is 11.1. The summed E-state index contributed by atoms with van der Waals surface area (Å²) in [5, 5.41) is 6.83. The summed E-state index contributed by atoms with van der Waals surface area (Å²) in [6, 6.07) is 4.99. The van der Waals surface area contributed by atoms with Crippen molar-refractivity contribution in [2.24, 2.45) is 0 Å². The number of benzene rings is 1. The molecule has 124 valence electrons. The zero-order valence-corrected chi connectivity index (χ0v) is 13.6. The van der Waals surface area contributed by atoms with E-state index in [4.69, 9.17) is 23.2 Å². The van der Waals surface area contributed by atoms with Crippen molar-refractivity contribution in [3.63, 3.8) is 0 Å². The maximum atomic E-state index is 12.4. The highest BCUT2D eigenvalue weighted by atomic mass is 35.5. The molecule has 0 saturated heterocycles. The Morgan fingerprint density at radius 3 is 2.35 bits per heavy atom. The number of hydrogen-bond acceptors (Lipinski definition) is 2. The number of anilines is 1. The minimum absolute atomic E-state index is 0.0236. The summed E-state index contributed by atoms with van der Waals surface area (Å²) < 4.78 is 38.6. The molecule has 1 aromatic heterocycles. The zero-order valence-electron chi connectivity index (χ0n) is 12.1. The topological polar surface area (TPSA) is 46.9 Å². The number of nitrogens with one attached hydrogen (secondary N) is 1. The molecule has 0 aliphatic rings. The molecular formula is C14H12Cl2F3N3O. The minimum atomic E-state index is -4.97. The highest BCUT2D eigenvalue weighted by Gasteiger charge is 2.39. The first-order valence-electron chi connectivity index (χ1n) is 6.46. The number of carbonyl (C=O) groups is 1. The van der Waals surface area contributed by atoms with Gasteiger partial charge in [-0.05, 0) is 26.0 Å². The molecule has 1 heterocycles. The highest BCUT2D eigenvalue weighted by Crippen LogP contribution is 2.28. The molecule has 0 atom stereocenters. The van der Waals surface area contributed by atoms with E-state index in [-0.39, 0.29) is 17.9 Å². The molecule has 23 heavy (non-hydrogen) atoms. The number of rotatable bonds is 3. The van der Waals surface area contributed by atoms with Crippen molar-refractivity contribution in [1.29, 1.82) is 0 Å². The van der Waals surface area contributed by atoms with Crippen molar-refractivity contribution in [3.05, 3.63) is 45.2 Å². The average molecular weight is 366 g/mol. The van der Waals surface area contributed by atoms with Crippen LogP contribution in [0.1, 0.15) is 17.0 Å². The molecule has 1 aromatic carbocycles. The van der Waals surface area contributed by atoms with Gasteiger partial charge >= 0.3 is 12.1 Å². The molecule has 4 nitrogen and oxygen atoms in total. The van der Waals surface area contributed by atoms with Crippen LogP contribution in [0.2, 0.25) is 10.0 Å². The van der Waals surface area contributed by atoms with E-state index in [1.807, 2.05) is 5.32 Å². The van der Waals surface area contributed by atoms with Gasteiger partial charge in [0.15, 0.2) is 0 Å². The molecule has 0 radical (unpaired) electrons. The Morgan fingerprint density at radius 1 is 1.26 bits per heavy atom. The predicted molar refractivity (Wildman–Crippen MR) is 81.9 cm³/mol.